The van der Waals surface area contributed by atoms with Gasteiger partial charge in [0.15, 0.2) is 5.78 Å². The minimum Gasteiger partial charge on any atom is -0.414 e. The molecule has 7 heteroatoms. The van der Waals surface area contributed by atoms with E-state index >= 15 is 0 Å². The van der Waals surface area contributed by atoms with Gasteiger partial charge in [0.2, 0.25) is 0 Å². The van der Waals surface area contributed by atoms with Crippen molar-refractivity contribution in [1.29, 1.82) is 0 Å². The van der Waals surface area contributed by atoms with Crippen LogP contribution in [0.15, 0.2) is 109 Å². The minimum absolute atomic E-state index is 0.0662. The van der Waals surface area contributed by atoms with E-state index in [2.05, 4.69) is 5.32 Å². The lowest BCUT2D eigenvalue weighted by Crippen LogP contribution is -2.19. The van der Waals surface area contributed by atoms with Crippen LogP contribution >= 0.6 is 19.2 Å². The Kier molecular flexibility index (Phi) is 6.79. The molecule has 0 radical (unpaired) electrons. The number of rotatable bonds is 8. The van der Waals surface area contributed by atoms with Gasteiger partial charge in [0, 0.05) is 16.3 Å². The van der Waals surface area contributed by atoms with Crippen LogP contribution < -0.4 is 14.4 Å². The maximum Gasteiger partial charge on any atom is 0.457 e. The van der Waals surface area contributed by atoms with E-state index < -0.39 is 19.2 Å². The van der Waals surface area contributed by atoms with Crippen molar-refractivity contribution in [3.8, 4) is 11.5 Å². The molecular formula is C25H20ClFNO3P. The Morgan fingerprint density at radius 3 is 1.78 bits per heavy atom. The van der Waals surface area contributed by atoms with Crippen LogP contribution in [0.3, 0.4) is 0 Å². The van der Waals surface area contributed by atoms with Crippen molar-refractivity contribution in [3.05, 3.63) is 126 Å². The molecule has 0 aliphatic rings. The second kappa shape index (κ2) is 9.90. The molecule has 0 fully saturated rings. The summed E-state index contributed by atoms with van der Waals surface area (Å²) < 4.78 is 41.3. The Hall–Kier alpha value is -3.27. The predicted octanol–water partition coefficient (Wildman–Crippen LogP) is 7.94. The summed E-state index contributed by atoms with van der Waals surface area (Å²) in [6.45, 7) is 0. The van der Waals surface area contributed by atoms with E-state index in [-0.39, 0.29) is 5.56 Å². The number of halogens is 2. The molecule has 4 aromatic rings. The quantitative estimate of drug-likeness (QED) is 0.267. The molecule has 0 saturated heterocycles. The Bertz CT molecular complexity index is 1160. The van der Waals surface area contributed by atoms with Crippen LogP contribution in [0.25, 0.3) is 0 Å². The topological polar surface area (TPSA) is 47.6 Å². The molecule has 0 amide bonds. The second-order valence-electron chi connectivity index (χ2n) is 6.93. The zero-order chi connectivity index (χ0) is 22.4. The summed E-state index contributed by atoms with van der Waals surface area (Å²) >= 11 is 6.17. The molecule has 0 bridgehead atoms. The lowest BCUT2D eigenvalue weighted by molar-refractivity contribution is 0.375. The molecule has 1 unspecified atom stereocenters. The highest BCUT2D eigenvalue weighted by molar-refractivity contribution is 7.55. The highest BCUT2D eigenvalue weighted by Crippen LogP contribution is 2.60. The van der Waals surface area contributed by atoms with Crippen LogP contribution in [0.4, 0.5) is 10.1 Å². The lowest BCUT2D eigenvalue weighted by Gasteiger charge is -2.29. The number of hydrogen-bond donors (Lipinski definition) is 1. The Morgan fingerprint density at radius 2 is 1.25 bits per heavy atom. The van der Waals surface area contributed by atoms with Crippen molar-refractivity contribution in [3.63, 3.8) is 0 Å². The summed E-state index contributed by atoms with van der Waals surface area (Å²) in [6.07, 6.45) is 0. The summed E-state index contributed by atoms with van der Waals surface area (Å²) in [4.78, 5) is 0. The van der Waals surface area contributed by atoms with Crippen molar-refractivity contribution in [1.82, 2.24) is 0 Å². The second-order valence-corrected chi connectivity index (χ2v) is 9.32. The summed E-state index contributed by atoms with van der Waals surface area (Å²) in [5.41, 5.74) is 0.682. The van der Waals surface area contributed by atoms with Crippen molar-refractivity contribution < 1.29 is 18.0 Å². The molecule has 0 aliphatic carbocycles. The molecule has 1 N–H and O–H groups in total. The Balaban J connectivity index is 1.84. The van der Waals surface area contributed by atoms with E-state index in [0.717, 1.165) is 0 Å². The zero-order valence-corrected chi connectivity index (χ0v) is 18.5. The SMILES string of the molecule is O=P(Oc1ccccc1)(Oc1ccccc1)C(Nc1ccccc1)c1cc(Cl)ccc1F. The monoisotopic (exact) mass is 467 g/mol. The number of nitrogens with one attached hydrogen (secondary N) is 1. The summed E-state index contributed by atoms with van der Waals surface area (Å²) in [5.74, 6) is -1.12. The molecule has 1 atom stereocenters. The van der Waals surface area contributed by atoms with Gasteiger partial charge in [0.05, 0.1) is 0 Å². The molecule has 0 spiro atoms. The molecule has 4 aromatic carbocycles. The fraction of sp³-hybridized carbons (Fsp3) is 0.0400. The van der Waals surface area contributed by atoms with Crippen LogP contribution in [-0.2, 0) is 4.57 Å². The van der Waals surface area contributed by atoms with Crippen molar-refractivity contribution in [2.24, 2.45) is 0 Å². The summed E-state index contributed by atoms with van der Waals surface area (Å²) in [6, 6.07) is 30.4. The Labute approximate surface area is 191 Å². The third-order valence-corrected chi connectivity index (χ3v) is 6.80. The van der Waals surface area contributed by atoms with E-state index in [4.69, 9.17) is 20.6 Å². The molecular weight excluding hydrogens is 448 g/mol. The molecule has 162 valence electrons. The number of para-hydroxylation sites is 3. The van der Waals surface area contributed by atoms with Gasteiger partial charge in [-0.25, -0.2) is 8.96 Å². The van der Waals surface area contributed by atoms with E-state index in [1.54, 1.807) is 60.7 Å². The van der Waals surface area contributed by atoms with Crippen molar-refractivity contribution >= 4 is 24.9 Å². The van der Waals surface area contributed by atoms with Gasteiger partial charge in [-0.15, -0.1) is 0 Å². The van der Waals surface area contributed by atoms with Gasteiger partial charge in [0.1, 0.15) is 17.3 Å². The lowest BCUT2D eigenvalue weighted by atomic mass is 10.2. The molecule has 32 heavy (non-hydrogen) atoms. The zero-order valence-electron chi connectivity index (χ0n) is 16.9. The average Bonchev–Trinajstić information content (AvgIpc) is 2.81. The van der Waals surface area contributed by atoms with Crippen molar-refractivity contribution in [2.45, 2.75) is 5.78 Å². The van der Waals surface area contributed by atoms with E-state index in [9.17, 15) is 8.96 Å². The highest BCUT2D eigenvalue weighted by atomic mass is 35.5. The molecule has 0 aliphatic heterocycles. The number of hydrogen-bond acceptors (Lipinski definition) is 4. The average molecular weight is 468 g/mol. The first-order chi connectivity index (χ1) is 15.5. The van der Waals surface area contributed by atoms with E-state index in [0.29, 0.717) is 22.2 Å². The van der Waals surface area contributed by atoms with Crippen LogP contribution in [0.2, 0.25) is 5.02 Å². The summed E-state index contributed by atoms with van der Waals surface area (Å²) in [5, 5.41) is 3.43. The van der Waals surface area contributed by atoms with E-state index in [1.807, 2.05) is 30.3 Å². The van der Waals surface area contributed by atoms with Crippen LogP contribution in [0, 0.1) is 5.82 Å². The number of benzene rings is 4. The fourth-order valence-corrected chi connectivity index (χ4v) is 5.23. The maximum atomic E-state index is 15.0. The van der Waals surface area contributed by atoms with Crippen LogP contribution in [0.1, 0.15) is 11.3 Å². The summed E-state index contributed by atoms with van der Waals surface area (Å²) in [7, 11) is -4.12. The first-order valence-electron chi connectivity index (χ1n) is 9.89. The molecule has 0 aromatic heterocycles. The highest BCUT2D eigenvalue weighted by Gasteiger charge is 2.42. The molecule has 0 heterocycles. The van der Waals surface area contributed by atoms with Gasteiger partial charge in [0.25, 0.3) is 0 Å². The van der Waals surface area contributed by atoms with Gasteiger partial charge in [-0.05, 0) is 54.6 Å². The largest absolute Gasteiger partial charge is 0.457 e. The molecule has 0 saturated carbocycles. The van der Waals surface area contributed by atoms with Gasteiger partial charge in [-0.1, -0.05) is 66.2 Å². The van der Waals surface area contributed by atoms with Crippen LogP contribution in [0.5, 0.6) is 11.5 Å². The maximum absolute atomic E-state index is 15.0. The Morgan fingerprint density at radius 1 is 0.750 bits per heavy atom. The molecule has 4 nitrogen and oxygen atoms in total. The van der Waals surface area contributed by atoms with Gasteiger partial charge >= 0.3 is 7.60 Å². The smallest absolute Gasteiger partial charge is 0.414 e. The number of anilines is 1. The first-order valence-corrected chi connectivity index (χ1v) is 11.9. The van der Waals surface area contributed by atoms with Gasteiger partial charge in [-0.2, -0.15) is 0 Å². The van der Waals surface area contributed by atoms with Crippen molar-refractivity contribution in [2.75, 3.05) is 5.32 Å². The van der Waals surface area contributed by atoms with Crippen LogP contribution in [-0.4, -0.2) is 0 Å². The third kappa shape index (κ3) is 5.31. The normalized spacial score (nSPS) is 12.1. The van der Waals surface area contributed by atoms with E-state index in [1.165, 1.54) is 18.2 Å². The molecule has 4 rings (SSSR count). The fourth-order valence-electron chi connectivity index (χ4n) is 3.12. The first kappa shape index (κ1) is 21.9. The van der Waals surface area contributed by atoms with Gasteiger partial charge < -0.3 is 14.4 Å². The third-order valence-electron chi connectivity index (χ3n) is 4.60. The minimum atomic E-state index is -4.12. The predicted molar refractivity (Wildman–Crippen MR) is 126 cm³/mol. The van der Waals surface area contributed by atoms with Gasteiger partial charge in [-0.3, -0.25) is 0 Å². The standard InChI is InChI=1S/C25H20ClFNO3P/c26-19-16-17-24(27)23(18-19)25(28-20-10-4-1-5-11-20)32(29,30-21-12-6-2-7-13-21)31-22-14-8-3-9-15-22/h1-18,25,28H.